The molecular weight excluding hydrogens is 398 g/mol. The van der Waals surface area contributed by atoms with Crippen molar-refractivity contribution in [2.45, 2.75) is 33.2 Å². The molecule has 0 spiro atoms. The van der Waals surface area contributed by atoms with Crippen molar-refractivity contribution in [2.24, 2.45) is 5.92 Å². The number of amides is 2. The zero-order chi connectivity index (χ0) is 22.4. The predicted octanol–water partition coefficient (Wildman–Crippen LogP) is 2.88. The van der Waals surface area contributed by atoms with Gasteiger partial charge in [0.05, 0.1) is 19.9 Å². The minimum Gasteiger partial charge on any atom is -0.497 e. The first kappa shape index (κ1) is 22.7. The molecule has 2 heterocycles. The van der Waals surface area contributed by atoms with Gasteiger partial charge in [-0.15, -0.1) is 0 Å². The fourth-order valence-electron chi connectivity index (χ4n) is 3.83. The first-order valence-corrected chi connectivity index (χ1v) is 10.5. The van der Waals surface area contributed by atoms with Crippen molar-refractivity contribution in [3.05, 3.63) is 41.3 Å². The van der Waals surface area contributed by atoms with Crippen LogP contribution < -0.4 is 20.1 Å². The summed E-state index contributed by atoms with van der Waals surface area (Å²) in [7, 11) is 3.04. The van der Waals surface area contributed by atoms with E-state index in [0.29, 0.717) is 29.6 Å². The summed E-state index contributed by atoms with van der Waals surface area (Å²) >= 11 is 0. The van der Waals surface area contributed by atoms with Crippen LogP contribution >= 0.6 is 0 Å². The first-order chi connectivity index (χ1) is 14.9. The van der Waals surface area contributed by atoms with E-state index in [1.165, 1.54) is 12.7 Å². The number of methoxy groups -OCH3 is 2. The minimum atomic E-state index is -0.716. The smallest absolute Gasteiger partial charge is 0.313 e. The zero-order valence-corrected chi connectivity index (χ0v) is 18.6. The number of nitrogens with zero attached hydrogens (tertiary/aromatic N) is 1. The summed E-state index contributed by atoms with van der Waals surface area (Å²) in [6.45, 7) is 7.25. The molecule has 3 rings (SSSR count). The molecule has 2 aromatic rings. The molecule has 1 fully saturated rings. The number of piperidine rings is 1. The molecule has 31 heavy (non-hydrogen) atoms. The fourth-order valence-corrected chi connectivity index (χ4v) is 3.83. The quantitative estimate of drug-likeness (QED) is 0.658. The summed E-state index contributed by atoms with van der Waals surface area (Å²) in [4.78, 5) is 26.9. The molecule has 0 saturated carbocycles. The van der Waals surface area contributed by atoms with Gasteiger partial charge in [0.2, 0.25) is 0 Å². The molecule has 0 aliphatic carbocycles. The van der Waals surface area contributed by atoms with Crippen molar-refractivity contribution >= 4 is 17.5 Å². The van der Waals surface area contributed by atoms with Crippen molar-refractivity contribution in [1.82, 2.24) is 10.2 Å². The predicted molar refractivity (Wildman–Crippen MR) is 117 cm³/mol. The highest BCUT2D eigenvalue weighted by Crippen LogP contribution is 2.29. The lowest BCUT2D eigenvalue weighted by molar-refractivity contribution is -0.136. The standard InChI is InChI=1S/C23H31N3O5/c1-15-11-18(16(2)31-15)14-26-9-7-17(8-10-26)13-24-22(27)23(28)25-20-6-5-19(29-3)12-21(20)30-4/h5-6,11-12,17H,7-10,13-14H2,1-4H3,(H,24,27)(H,25,28). The summed E-state index contributed by atoms with van der Waals surface area (Å²) in [6.07, 6.45) is 1.95. The Labute approximate surface area is 182 Å². The summed E-state index contributed by atoms with van der Waals surface area (Å²) in [5.74, 6) is 1.94. The van der Waals surface area contributed by atoms with E-state index in [2.05, 4.69) is 21.6 Å². The average molecular weight is 430 g/mol. The molecule has 0 unspecified atom stereocenters. The molecule has 0 atom stereocenters. The number of likely N-dealkylation sites (tertiary alicyclic amines) is 1. The van der Waals surface area contributed by atoms with Gasteiger partial charge in [-0.1, -0.05) is 0 Å². The summed E-state index contributed by atoms with van der Waals surface area (Å²) in [6, 6.07) is 7.07. The number of aryl methyl sites for hydroxylation is 2. The molecule has 0 bridgehead atoms. The van der Waals surface area contributed by atoms with Crippen molar-refractivity contribution in [3.63, 3.8) is 0 Å². The van der Waals surface area contributed by atoms with Crippen molar-refractivity contribution in [1.29, 1.82) is 0 Å². The Kier molecular flexibility index (Phi) is 7.57. The van der Waals surface area contributed by atoms with Gasteiger partial charge in [0.15, 0.2) is 0 Å². The average Bonchev–Trinajstić information content (AvgIpc) is 3.09. The Morgan fingerprint density at radius 3 is 2.45 bits per heavy atom. The molecule has 1 aliphatic heterocycles. The normalized spacial score (nSPS) is 14.8. The van der Waals surface area contributed by atoms with E-state index >= 15 is 0 Å². The maximum Gasteiger partial charge on any atom is 0.313 e. The van der Waals surface area contributed by atoms with E-state index in [9.17, 15) is 9.59 Å². The van der Waals surface area contributed by atoms with Crippen molar-refractivity contribution < 1.29 is 23.5 Å². The van der Waals surface area contributed by atoms with Gasteiger partial charge in [0, 0.05) is 24.7 Å². The summed E-state index contributed by atoms with van der Waals surface area (Å²) < 4.78 is 16.0. The van der Waals surface area contributed by atoms with Crippen LogP contribution in [0.4, 0.5) is 5.69 Å². The monoisotopic (exact) mass is 429 g/mol. The Morgan fingerprint density at radius 1 is 1.10 bits per heavy atom. The van der Waals surface area contributed by atoms with Crippen LogP contribution in [0.3, 0.4) is 0 Å². The van der Waals surface area contributed by atoms with Crippen molar-refractivity contribution in [3.8, 4) is 11.5 Å². The van der Waals surface area contributed by atoms with Gasteiger partial charge >= 0.3 is 11.8 Å². The van der Waals surface area contributed by atoms with E-state index in [1.807, 2.05) is 13.8 Å². The molecule has 8 heteroatoms. The highest BCUT2D eigenvalue weighted by Gasteiger charge is 2.22. The maximum atomic E-state index is 12.3. The topological polar surface area (TPSA) is 93.0 Å². The molecule has 1 saturated heterocycles. The number of anilines is 1. The number of ether oxygens (including phenoxy) is 2. The third kappa shape index (κ3) is 6.01. The molecule has 1 aromatic carbocycles. The lowest BCUT2D eigenvalue weighted by atomic mass is 9.96. The van der Waals surface area contributed by atoms with E-state index in [-0.39, 0.29) is 0 Å². The molecule has 1 aliphatic rings. The van der Waals surface area contributed by atoms with Gasteiger partial charge < -0.3 is 24.5 Å². The lowest BCUT2D eigenvalue weighted by Gasteiger charge is -2.31. The highest BCUT2D eigenvalue weighted by molar-refractivity contribution is 6.39. The van der Waals surface area contributed by atoms with Crippen LogP contribution in [0.5, 0.6) is 11.5 Å². The van der Waals surface area contributed by atoms with E-state index in [1.54, 1.807) is 25.3 Å². The number of carbonyl (C=O) groups is 2. The Morgan fingerprint density at radius 2 is 1.84 bits per heavy atom. The zero-order valence-electron chi connectivity index (χ0n) is 18.6. The lowest BCUT2D eigenvalue weighted by Crippen LogP contribution is -2.41. The Hall–Kier alpha value is -3.00. The van der Waals surface area contributed by atoms with Crippen LogP contribution in [0.25, 0.3) is 0 Å². The first-order valence-electron chi connectivity index (χ1n) is 10.5. The highest BCUT2D eigenvalue weighted by atomic mass is 16.5. The number of furan rings is 1. The van der Waals surface area contributed by atoms with Gasteiger partial charge in [-0.25, -0.2) is 0 Å². The van der Waals surface area contributed by atoms with Crippen LogP contribution in [0.15, 0.2) is 28.7 Å². The number of hydrogen-bond donors (Lipinski definition) is 2. The number of benzene rings is 1. The van der Waals surface area contributed by atoms with Crippen LogP contribution in [-0.2, 0) is 16.1 Å². The van der Waals surface area contributed by atoms with Crippen LogP contribution in [0.2, 0.25) is 0 Å². The molecule has 8 nitrogen and oxygen atoms in total. The third-order valence-corrected chi connectivity index (χ3v) is 5.66. The van der Waals surface area contributed by atoms with Gasteiger partial charge in [-0.05, 0) is 63.9 Å². The second kappa shape index (κ2) is 10.3. The van der Waals surface area contributed by atoms with Gasteiger partial charge in [-0.2, -0.15) is 0 Å². The SMILES string of the molecule is COc1ccc(NC(=O)C(=O)NCC2CCN(Cc3cc(C)oc3C)CC2)c(OC)c1. The number of carbonyl (C=O) groups excluding carboxylic acids is 2. The molecule has 0 radical (unpaired) electrons. The van der Waals surface area contributed by atoms with E-state index in [0.717, 1.165) is 44.0 Å². The summed E-state index contributed by atoms with van der Waals surface area (Å²) in [5.41, 5.74) is 1.65. The van der Waals surface area contributed by atoms with Gasteiger partial charge in [0.25, 0.3) is 0 Å². The van der Waals surface area contributed by atoms with E-state index in [4.69, 9.17) is 13.9 Å². The number of nitrogens with one attached hydrogen (secondary N) is 2. The second-order valence-electron chi connectivity index (χ2n) is 7.89. The number of rotatable bonds is 7. The largest absolute Gasteiger partial charge is 0.497 e. The molecule has 168 valence electrons. The van der Waals surface area contributed by atoms with E-state index < -0.39 is 11.8 Å². The van der Waals surface area contributed by atoms with Crippen LogP contribution in [0.1, 0.15) is 29.9 Å². The maximum absolute atomic E-state index is 12.3. The molecule has 2 N–H and O–H groups in total. The minimum absolute atomic E-state index is 0.357. The van der Waals surface area contributed by atoms with Crippen molar-refractivity contribution in [2.75, 3.05) is 39.2 Å². The molecular formula is C23H31N3O5. The third-order valence-electron chi connectivity index (χ3n) is 5.66. The van der Waals surface area contributed by atoms with Crippen LogP contribution in [0, 0.1) is 19.8 Å². The Balaban J connectivity index is 1.43. The fraction of sp³-hybridized carbons (Fsp3) is 0.478. The van der Waals surface area contributed by atoms with Crippen LogP contribution in [-0.4, -0.2) is 50.6 Å². The number of hydrogen-bond acceptors (Lipinski definition) is 6. The molecule has 2 amide bonds. The summed E-state index contributed by atoms with van der Waals surface area (Å²) in [5, 5.41) is 5.35. The Bertz CT molecular complexity index is 916. The molecule has 1 aromatic heterocycles. The van der Waals surface area contributed by atoms with Gasteiger partial charge in [0.1, 0.15) is 23.0 Å². The van der Waals surface area contributed by atoms with Gasteiger partial charge in [-0.3, -0.25) is 14.5 Å². The second-order valence-corrected chi connectivity index (χ2v) is 7.89.